The number of benzene rings is 1. The molecule has 1 aliphatic carbocycles. The fraction of sp³-hybridized carbons (Fsp3) is 0.429. The van der Waals surface area contributed by atoms with Gasteiger partial charge < -0.3 is 14.5 Å². The zero-order valence-corrected chi connectivity index (χ0v) is 14.9. The van der Waals surface area contributed by atoms with Gasteiger partial charge in [-0.15, -0.1) is 0 Å². The van der Waals surface area contributed by atoms with Crippen LogP contribution in [0.3, 0.4) is 0 Å². The van der Waals surface area contributed by atoms with Crippen molar-refractivity contribution in [1.82, 2.24) is 5.32 Å². The first-order chi connectivity index (χ1) is 12.7. The van der Waals surface area contributed by atoms with Gasteiger partial charge in [-0.2, -0.15) is 0 Å². The van der Waals surface area contributed by atoms with Crippen LogP contribution in [0, 0.1) is 0 Å². The molecule has 0 spiro atoms. The number of furan rings is 1. The van der Waals surface area contributed by atoms with Gasteiger partial charge >= 0.3 is 5.97 Å². The van der Waals surface area contributed by atoms with Crippen LogP contribution in [-0.2, 0) is 20.7 Å². The van der Waals surface area contributed by atoms with E-state index < -0.39 is 0 Å². The lowest BCUT2D eigenvalue weighted by Gasteiger charge is -2.22. The average Bonchev–Trinajstić information content (AvgIpc) is 3.15. The molecule has 0 unspecified atom stereocenters. The Balaban J connectivity index is 1.37. The summed E-state index contributed by atoms with van der Waals surface area (Å²) < 4.78 is 10.8. The Hall–Kier alpha value is -2.56. The molecule has 1 fully saturated rings. The Kier molecular flexibility index (Phi) is 6.47. The predicted molar refractivity (Wildman–Crippen MR) is 98.4 cm³/mol. The third kappa shape index (κ3) is 5.48. The molecule has 1 N–H and O–H groups in total. The smallest absolute Gasteiger partial charge is 0.306 e. The van der Waals surface area contributed by atoms with Crippen molar-refractivity contribution in [3.05, 3.63) is 48.2 Å². The van der Waals surface area contributed by atoms with Crippen LogP contribution in [0.5, 0.6) is 0 Å². The normalized spacial score (nSPS) is 14.8. The van der Waals surface area contributed by atoms with Crippen molar-refractivity contribution in [1.29, 1.82) is 0 Å². The summed E-state index contributed by atoms with van der Waals surface area (Å²) in [6.45, 7) is -0.206. The number of amides is 1. The molecule has 26 heavy (non-hydrogen) atoms. The van der Waals surface area contributed by atoms with E-state index in [1.165, 1.54) is 6.42 Å². The fourth-order valence-electron chi connectivity index (χ4n) is 3.23. The third-order valence-corrected chi connectivity index (χ3v) is 4.63. The summed E-state index contributed by atoms with van der Waals surface area (Å²) in [7, 11) is 0. The van der Waals surface area contributed by atoms with Crippen LogP contribution in [0.25, 0.3) is 11.3 Å². The van der Waals surface area contributed by atoms with Crippen molar-refractivity contribution in [3.8, 4) is 11.3 Å². The van der Waals surface area contributed by atoms with E-state index in [0.717, 1.165) is 42.8 Å². The summed E-state index contributed by atoms with van der Waals surface area (Å²) in [6, 6.07) is 13.8. The molecule has 0 bridgehead atoms. The Labute approximate surface area is 153 Å². The molecule has 0 aliphatic heterocycles. The second-order valence-corrected chi connectivity index (χ2v) is 6.70. The second kappa shape index (κ2) is 9.22. The molecule has 0 saturated heterocycles. The molecule has 0 atom stereocenters. The molecule has 5 nitrogen and oxygen atoms in total. The SMILES string of the molecule is O=C(COC(=O)CCc1ccc(-c2ccccc2)o1)NC1CCCCC1. The van der Waals surface area contributed by atoms with E-state index in [1.807, 2.05) is 42.5 Å². The van der Waals surface area contributed by atoms with Crippen LogP contribution < -0.4 is 5.32 Å². The topological polar surface area (TPSA) is 68.5 Å². The molecule has 1 aromatic carbocycles. The maximum Gasteiger partial charge on any atom is 0.306 e. The van der Waals surface area contributed by atoms with E-state index in [-0.39, 0.29) is 30.9 Å². The van der Waals surface area contributed by atoms with Crippen molar-refractivity contribution in [2.24, 2.45) is 0 Å². The maximum absolute atomic E-state index is 11.8. The van der Waals surface area contributed by atoms with E-state index in [2.05, 4.69) is 5.32 Å². The first kappa shape index (κ1) is 18.2. The molecular formula is C21H25NO4. The van der Waals surface area contributed by atoms with Crippen molar-refractivity contribution < 1.29 is 18.7 Å². The number of hydrogen-bond donors (Lipinski definition) is 1. The highest BCUT2D eigenvalue weighted by atomic mass is 16.5. The van der Waals surface area contributed by atoms with E-state index in [4.69, 9.17) is 9.15 Å². The molecule has 1 amide bonds. The van der Waals surface area contributed by atoms with Crippen LogP contribution >= 0.6 is 0 Å². The minimum Gasteiger partial charge on any atom is -0.461 e. The van der Waals surface area contributed by atoms with Crippen molar-refractivity contribution in [3.63, 3.8) is 0 Å². The van der Waals surface area contributed by atoms with E-state index in [9.17, 15) is 9.59 Å². The van der Waals surface area contributed by atoms with Gasteiger partial charge in [-0.25, -0.2) is 0 Å². The quantitative estimate of drug-likeness (QED) is 0.766. The molecule has 3 rings (SSSR count). The van der Waals surface area contributed by atoms with Gasteiger partial charge in [0.1, 0.15) is 11.5 Å². The minimum atomic E-state index is -0.388. The lowest BCUT2D eigenvalue weighted by atomic mass is 9.95. The van der Waals surface area contributed by atoms with Crippen LogP contribution in [0.1, 0.15) is 44.3 Å². The molecular weight excluding hydrogens is 330 g/mol. The number of rotatable bonds is 7. The average molecular weight is 355 g/mol. The minimum absolute atomic E-state index is 0.193. The zero-order chi connectivity index (χ0) is 18.2. The molecule has 1 aromatic heterocycles. The highest BCUT2D eigenvalue weighted by molar-refractivity contribution is 5.80. The number of esters is 1. The number of carbonyl (C=O) groups excluding carboxylic acids is 2. The van der Waals surface area contributed by atoms with Crippen LogP contribution in [0.15, 0.2) is 46.9 Å². The molecule has 1 aliphatic rings. The first-order valence-corrected chi connectivity index (χ1v) is 9.30. The summed E-state index contributed by atoms with van der Waals surface area (Å²) >= 11 is 0. The molecule has 1 heterocycles. The van der Waals surface area contributed by atoms with Gasteiger partial charge in [0.05, 0.1) is 6.42 Å². The lowest BCUT2D eigenvalue weighted by Crippen LogP contribution is -2.38. The molecule has 1 saturated carbocycles. The van der Waals surface area contributed by atoms with Crippen LogP contribution in [0.4, 0.5) is 0 Å². The first-order valence-electron chi connectivity index (χ1n) is 9.30. The third-order valence-electron chi connectivity index (χ3n) is 4.63. The predicted octanol–water partition coefficient (Wildman–Crippen LogP) is 3.87. The zero-order valence-electron chi connectivity index (χ0n) is 14.9. The van der Waals surface area contributed by atoms with Gasteiger partial charge in [-0.1, -0.05) is 49.6 Å². The van der Waals surface area contributed by atoms with E-state index in [1.54, 1.807) is 0 Å². The van der Waals surface area contributed by atoms with Crippen molar-refractivity contribution in [2.45, 2.75) is 51.0 Å². The maximum atomic E-state index is 11.8. The number of aryl methyl sites for hydroxylation is 1. The van der Waals surface area contributed by atoms with E-state index >= 15 is 0 Å². The Bertz CT molecular complexity index is 717. The van der Waals surface area contributed by atoms with E-state index in [0.29, 0.717) is 6.42 Å². The van der Waals surface area contributed by atoms with Crippen LogP contribution in [-0.4, -0.2) is 24.5 Å². The number of ether oxygens (including phenoxy) is 1. The monoisotopic (exact) mass is 355 g/mol. The van der Waals surface area contributed by atoms with Gasteiger partial charge in [0.2, 0.25) is 0 Å². The number of nitrogens with one attached hydrogen (secondary N) is 1. The highest BCUT2D eigenvalue weighted by Crippen LogP contribution is 2.22. The Morgan fingerprint density at radius 1 is 1.04 bits per heavy atom. The molecule has 0 radical (unpaired) electrons. The summed E-state index contributed by atoms with van der Waals surface area (Å²) in [5, 5.41) is 2.93. The number of carbonyl (C=O) groups is 2. The summed E-state index contributed by atoms with van der Waals surface area (Å²) in [4.78, 5) is 23.7. The summed E-state index contributed by atoms with van der Waals surface area (Å²) in [6.07, 6.45) is 6.22. The lowest BCUT2D eigenvalue weighted by molar-refractivity contribution is -0.148. The molecule has 2 aromatic rings. The largest absolute Gasteiger partial charge is 0.461 e. The highest BCUT2D eigenvalue weighted by Gasteiger charge is 2.16. The van der Waals surface area contributed by atoms with Crippen molar-refractivity contribution >= 4 is 11.9 Å². The molecule has 5 heteroatoms. The molecule has 138 valence electrons. The summed E-state index contributed by atoms with van der Waals surface area (Å²) in [5.41, 5.74) is 1.00. The van der Waals surface area contributed by atoms with Gasteiger partial charge in [-0.3, -0.25) is 9.59 Å². The van der Waals surface area contributed by atoms with Crippen LogP contribution in [0.2, 0.25) is 0 Å². The van der Waals surface area contributed by atoms with Gasteiger partial charge in [0.15, 0.2) is 6.61 Å². The Morgan fingerprint density at radius 3 is 2.58 bits per heavy atom. The standard InChI is InChI=1S/C21H25NO4/c23-20(22-17-9-5-2-6-10-17)15-25-21(24)14-12-18-11-13-19(26-18)16-7-3-1-4-8-16/h1,3-4,7-8,11,13,17H,2,5-6,9-10,12,14-15H2,(H,22,23). The fourth-order valence-corrected chi connectivity index (χ4v) is 3.23. The Morgan fingerprint density at radius 2 is 1.81 bits per heavy atom. The summed E-state index contributed by atoms with van der Waals surface area (Å²) in [5.74, 6) is 0.907. The second-order valence-electron chi connectivity index (χ2n) is 6.70. The van der Waals surface area contributed by atoms with Gasteiger partial charge in [0, 0.05) is 18.0 Å². The van der Waals surface area contributed by atoms with Gasteiger partial charge in [0.25, 0.3) is 5.91 Å². The van der Waals surface area contributed by atoms with Gasteiger partial charge in [-0.05, 0) is 25.0 Å². The van der Waals surface area contributed by atoms with Crippen molar-refractivity contribution in [2.75, 3.05) is 6.61 Å². The number of hydrogen-bond acceptors (Lipinski definition) is 4.